The lowest BCUT2D eigenvalue weighted by Gasteiger charge is -2.38. The molecule has 2 aromatic rings. The summed E-state index contributed by atoms with van der Waals surface area (Å²) in [4.78, 5) is 17.0. The highest BCUT2D eigenvalue weighted by atomic mass is 35.5. The number of piperazine rings is 1. The molecule has 9 heteroatoms. The second-order valence-electron chi connectivity index (χ2n) is 8.42. The quantitative estimate of drug-likeness (QED) is 0.511. The minimum atomic E-state index is -4.72. The van der Waals surface area contributed by atoms with Gasteiger partial charge in [-0.1, -0.05) is 41.9 Å². The third kappa shape index (κ3) is 4.50. The van der Waals surface area contributed by atoms with E-state index in [1.165, 1.54) is 12.1 Å². The highest BCUT2D eigenvalue weighted by Crippen LogP contribution is 2.42. The molecular weight excluding hydrogens is 443 g/mol. The minimum Gasteiger partial charge on any atom is -0.397 e. The molecule has 32 heavy (non-hydrogen) atoms. The van der Waals surface area contributed by atoms with E-state index in [1.54, 1.807) is 18.2 Å². The molecule has 2 atom stereocenters. The first-order chi connectivity index (χ1) is 15.2. The van der Waals surface area contributed by atoms with Crippen molar-refractivity contribution in [3.8, 4) is 0 Å². The maximum absolute atomic E-state index is 14.0. The molecule has 0 spiro atoms. The number of nitrogen functional groups attached to an aromatic ring is 1. The molecule has 2 aliphatic heterocycles. The second-order valence-corrected chi connectivity index (χ2v) is 8.80. The number of Topliss-reactive ketones (excluding diaryl/α,β-unsaturated/α-hetero) is 1. The summed E-state index contributed by atoms with van der Waals surface area (Å²) < 4.78 is 42.0. The summed E-state index contributed by atoms with van der Waals surface area (Å²) in [6.07, 6.45) is -4.44. The van der Waals surface area contributed by atoms with E-state index in [-0.39, 0.29) is 33.9 Å². The van der Waals surface area contributed by atoms with Gasteiger partial charge in [0.1, 0.15) is 6.10 Å². The Hall–Kier alpha value is -2.13. The molecule has 172 valence electrons. The predicted molar refractivity (Wildman–Crippen MR) is 116 cm³/mol. The van der Waals surface area contributed by atoms with Gasteiger partial charge in [-0.25, -0.2) is 0 Å². The highest BCUT2D eigenvalue weighted by Gasteiger charge is 2.39. The van der Waals surface area contributed by atoms with Gasteiger partial charge in [-0.3, -0.25) is 14.6 Å². The monoisotopic (exact) mass is 467 g/mol. The fourth-order valence-corrected chi connectivity index (χ4v) is 4.96. The molecule has 2 heterocycles. The van der Waals surface area contributed by atoms with Gasteiger partial charge in [-0.15, -0.1) is 0 Å². The lowest BCUT2D eigenvalue weighted by Crippen LogP contribution is -2.49. The molecule has 0 aromatic heterocycles. The summed E-state index contributed by atoms with van der Waals surface area (Å²) in [5, 5.41) is 10.3. The second kappa shape index (κ2) is 9.02. The molecule has 1 unspecified atom stereocenters. The summed E-state index contributed by atoms with van der Waals surface area (Å²) in [7, 11) is 0. The first-order valence-corrected chi connectivity index (χ1v) is 11.0. The average molecular weight is 468 g/mol. The van der Waals surface area contributed by atoms with Gasteiger partial charge >= 0.3 is 6.18 Å². The van der Waals surface area contributed by atoms with Crippen LogP contribution >= 0.6 is 11.6 Å². The van der Waals surface area contributed by atoms with Crippen LogP contribution in [-0.2, 0) is 12.7 Å². The van der Waals surface area contributed by atoms with Crippen LogP contribution in [0.2, 0.25) is 5.02 Å². The Morgan fingerprint density at radius 1 is 1.22 bits per heavy atom. The molecule has 4 rings (SSSR count). The van der Waals surface area contributed by atoms with Gasteiger partial charge in [0.05, 0.1) is 16.3 Å². The fraction of sp³-hybridized carbons (Fsp3) is 0.435. The van der Waals surface area contributed by atoms with Crippen molar-refractivity contribution in [2.75, 3.05) is 31.9 Å². The van der Waals surface area contributed by atoms with Crippen LogP contribution in [0.5, 0.6) is 0 Å². The third-order valence-electron chi connectivity index (χ3n) is 6.40. The van der Waals surface area contributed by atoms with E-state index < -0.39 is 23.6 Å². The van der Waals surface area contributed by atoms with Crippen molar-refractivity contribution in [2.24, 2.45) is 0 Å². The van der Waals surface area contributed by atoms with Gasteiger partial charge in [-0.2, -0.15) is 13.2 Å². The Kier molecular flexibility index (Phi) is 6.49. The van der Waals surface area contributed by atoms with Crippen molar-refractivity contribution in [2.45, 2.75) is 37.7 Å². The van der Waals surface area contributed by atoms with Gasteiger partial charge in [0.2, 0.25) is 0 Å². The Bertz CT molecular complexity index is 1000. The summed E-state index contributed by atoms with van der Waals surface area (Å²) in [6, 6.07) is 8.97. The SMILES string of the molecule is Nc1c(C(O)C(=O)c2ccccc2)cc(C(F)(F)F)c(CN2CCN3CCC[C@H]3C2)c1Cl. The van der Waals surface area contributed by atoms with Gasteiger partial charge in [0, 0.05) is 43.3 Å². The first kappa shape index (κ1) is 23.0. The van der Waals surface area contributed by atoms with Crippen LogP contribution in [-0.4, -0.2) is 52.9 Å². The zero-order valence-corrected chi connectivity index (χ0v) is 18.2. The number of aliphatic hydroxyl groups excluding tert-OH is 1. The Labute approximate surface area is 189 Å². The molecule has 3 N–H and O–H groups in total. The number of rotatable bonds is 5. The average Bonchev–Trinajstić information content (AvgIpc) is 3.24. The van der Waals surface area contributed by atoms with Crippen LogP contribution in [0.15, 0.2) is 36.4 Å². The van der Waals surface area contributed by atoms with Crippen LogP contribution < -0.4 is 5.73 Å². The number of hydrogen-bond donors (Lipinski definition) is 2. The smallest absolute Gasteiger partial charge is 0.397 e. The van der Waals surface area contributed by atoms with E-state index in [4.69, 9.17) is 17.3 Å². The standard InChI is InChI=1S/C23H25ClF3N3O2/c24-19-17(13-29-9-10-30-8-4-7-15(30)12-29)18(23(25,26)27)11-16(20(19)28)22(32)21(31)14-5-2-1-3-6-14/h1-3,5-6,11,15,22,32H,4,7-10,12-13,28H2/t15-,22?/m0/s1. The van der Waals surface area contributed by atoms with Crippen LogP contribution in [0.25, 0.3) is 0 Å². The molecule has 2 aliphatic rings. The fourth-order valence-electron chi connectivity index (χ4n) is 4.69. The van der Waals surface area contributed by atoms with Crippen molar-refractivity contribution >= 4 is 23.1 Å². The van der Waals surface area contributed by atoms with Gasteiger partial charge in [0.15, 0.2) is 5.78 Å². The molecule has 0 saturated carbocycles. The lowest BCUT2D eigenvalue weighted by molar-refractivity contribution is -0.138. The number of carbonyl (C=O) groups excluding carboxylic acids is 1. The van der Waals surface area contributed by atoms with Crippen LogP contribution in [0.4, 0.5) is 18.9 Å². The number of carbonyl (C=O) groups is 1. The molecule has 0 amide bonds. The van der Waals surface area contributed by atoms with Gasteiger partial charge in [0.25, 0.3) is 0 Å². The zero-order chi connectivity index (χ0) is 23.0. The number of ketones is 1. The van der Waals surface area contributed by atoms with E-state index in [0.717, 1.165) is 32.0 Å². The van der Waals surface area contributed by atoms with Crippen molar-refractivity contribution < 1.29 is 23.1 Å². The van der Waals surface area contributed by atoms with Crippen molar-refractivity contribution in [1.29, 1.82) is 0 Å². The summed E-state index contributed by atoms with van der Waals surface area (Å²) in [6.45, 7) is 3.15. The molecule has 0 radical (unpaired) electrons. The van der Waals surface area contributed by atoms with E-state index in [9.17, 15) is 23.1 Å². The van der Waals surface area contributed by atoms with Crippen molar-refractivity contribution in [1.82, 2.24) is 9.80 Å². The normalized spacial score (nSPS) is 20.8. The summed E-state index contributed by atoms with van der Waals surface area (Å²) in [5.41, 5.74) is 4.61. The number of alkyl halides is 3. The topological polar surface area (TPSA) is 69.8 Å². The number of aliphatic hydroxyl groups is 1. The Morgan fingerprint density at radius 2 is 1.94 bits per heavy atom. The van der Waals surface area contributed by atoms with Crippen LogP contribution in [0, 0.1) is 0 Å². The Morgan fingerprint density at radius 3 is 2.62 bits per heavy atom. The van der Waals surface area contributed by atoms with E-state index >= 15 is 0 Å². The predicted octanol–water partition coefficient (Wildman–Crippen LogP) is 4.14. The van der Waals surface area contributed by atoms with Crippen LogP contribution in [0.3, 0.4) is 0 Å². The third-order valence-corrected chi connectivity index (χ3v) is 6.83. The maximum Gasteiger partial charge on any atom is 0.416 e. The van der Waals surface area contributed by atoms with Crippen molar-refractivity contribution in [3.05, 3.63) is 63.7 Å². The molecule has 5 nitrogen and oxygen atoms in total. The highest BCUT2D eigenvalue weighted by molar-refractivity contribution is 6.34. The first-order valence-electron chi connectivity index (χ1n) is 10.6. The van der Waals surface area contributed by atoms with Gasteiger partial charge in [-0.05, 0) is 31.0 Å². The van der Waals surface area contributed by atoms with E-state index in [0.29, 0.717) is 19.1 Å². The van der Waals surface area contributed by atoms with Crippen molar-refractivity contribution in [3.63, 3.8) is 0 Å². The molecule has 0 bridgehead atoms. The number of nitrogens with zero attached hydrogens (tertiary/aromatic N) is 2. The summed E-state index contributed by atoms with van der Waals surface area (Å²) in [5.74, 6) is -0.744. The maximum atomic E-state index is 14.0. The molecule has 2 saturated heterocycles. The lowest BCUT2D eigenvalue weighted by atomic mass is 9.93. The number of anilines is 1. The van der Waals surface area contributed by atoms with Crippen LogP contribution in [0.1, 0.15) is 46.0 Å². The number of benzene rings is 2. The van der Waals surface area contributed by atoms with E-state index in [1.807, 2.05) is 4.90 Å². The number of hydrogen-bond acceptors (Lipinski definition) is 5. The number of nitrogens with two attached hydrogens (primary N) is 1. The number of fused-ring (bicyclic) bond motifs is 1. The zero-order valence-electron chi connectivity index (χ0n) is 17.4. The molecule has 0 aliphatic carbocycles. The summed E-state index contributed by atoms with van der Waals surface area (Å²) >= 11 is 6.35. The largest absolute Gasteiger partial charge is 0.416 e. The Balaban J connectivity index is 1.67. The molecular formula is C23H25ClF3N3O2. The molecule has 2 fully saturated rings. The van der Waals surface area contributed by atoms with E-state index in [2.05, 4.69) is 4.90 Å². The minimum absolute atomic E-state index is 0.00518. The van der Waals surface area contributed by atoms with Gasteiger partial charge < -0.3 is 10.8 Å². The number of halogens is 4. The molecule has 2 aromatic carbocycles.